The Labute approximate surface area is 92.7 Å². The highest BCUT2D eigenvalue weighted by molar-refractivity contribution is 5.28. The van der Waals surface area contributed by atoms with Gasteiger partial charge in [0.2, 0.25) is 0 Å². The van der Waals surface area contributed by atoms with Gasteiger partial charge in [-0.15, -0.1) is 0 Å². The number of hydrogen-bond acceptors (Lipinski definition) is 1. The first-order chi connectivity index (χ1) is 7.15. The van der Waals surface area contributed by atoms with Crippen molar-refractivity contribution in [2.75, 3.05) is 0 Å². The van der Waals surface area contributed by atoms with Gasteiger partial charge in [-0.25, -0.2) is 0 Å². The Hall–Kier alpha value is -0.760. The zero-order chi connectivity index (χ0) is 11.0. The van der Waals surface area contributed by atoms with Crippen molar-refractivity contribution in [2.24, 2.45) is 0 Å². The third kappa shape index (κ3) is 1.71. The largest absolute Gasteiger partial charge is 0.365 e. The van der Waals surface area contributed by atoms with Gasteiger partial charge in [-0.2, -0.15) is 0 Å². The van der Waals surface area contributed by atoms with Crippen LogP contribution in [-0.4, -0.2) is 22.0 Å². The van der Waals surface area contributed by atoms with Gasteiger partial charge in [0, 0.05) is 36.4 Å². The molecule has 0 radical (unpaired) electrons. The Kier molecular flexibility index (Phi) is 2.87. The maximum absolute atomic E-state index is 3.39. The summed E-state index contributed by atoms with van der Waals surface area (Å²) < 4.78 is 0. The van der Waals surface area contributed by atoms with Gasteiger partial charge >= 0.3 is 0 Å². The van der Waals surface area contributed by atoms with Gasteiger partial charge in [-0.05, 0) is 38.8 Å². The van der Waals surface area contributed by atoms with E-state index in [-0.39, 0.29) is 0 Å². The molecule has 0 unspecified atom stereocenters. The molecule has 0 amide bonds. The summed E-state index contributed by atoms with van der Waals surface area (Å²) in [6.45, 7) is 9.23. The van der Waals surface area contributed by atoms with Crippen molar-refractivity contribution >= 4 is 0 Å². The zero-order valence-corrected chi connectivity index (χ0v) is 10.2. The Morgan fingerprint density at radius 2 is 2.27 bits per heavy atom. The van der Waals surface area contributed by atoms with Gasteiger partial charge in [0.25, 0.3) is 0 Å². The molecule has 1 aliphatic heterocycles. The van der Waals surface area contributed by atoms with Gasteiger partial charge in [0.1, 0.15) is 0 Å². The van der Waals surface area contributed by atoms with E-state index in [1.54, 1.807) is 0 Å². The molecule has 15 heavy (non-hydrogen) atoms. The van der Waals surface area contributed by atoms with Crippen LogP contribution in [0, 0.1) is 0 Å². The summed E-state index contributed by atoms with van der Waals surface area (Å²) in [7, 11) is 0. The van der Waals surface area contributed by atoms with Gasteiger partial charge in [-0.1, -0.05) is 6.92 Å². The fraction of sp³-hybridized carbons (Fsp3) is 0.692. The van der Waals surface area contributed by atoms with Crippen LogP contribution in [0.4, 0.5) is 0 Å². The molecule has 2 rings (SSSR count). The molecule has 0 saturated heterocycles. The summed E-state index contributed by atoms with van der Waals surface area (Å²) in [5.41, 5.74) is 2.97. The zero-order valence-electron chi connectivity index (χ0n) is 10.2. The number of H-pyrrole nitrogens is 1. The van der Waals surface area contributed by atoms with E-state index < -0.39 is 0 Å². The molecule has 2 heterocycles. The predicted molar refractivity (Wildman–Crippen MR) is 64.0 cm³/mol. The minimum atomic E-state index is 0.606. The topological polar surface area (TPSA) is 19.0 Å². The van der Waals surface area contributed by atoms with Crippen LogP contribution < -0.4 is 0 Å². The molecule has 0 spiro atoms. The molecule has 1 aromatic rings. The number of nitrogens with one attached hydrogen (secondary N) is 1. The summed E-state index contributed by atoms with van der Waals surface area (Å²) in [5, 5.41) is 0. The average molecular weight is 206 g/mol. The molecule has 0 aromatic carbocycles. The number of nitrogens with zero attached hydrogens (tertiary/aromatic N) is 1. The molecular formula is C13H22N2. The number of fused-ring (bicyclic) bond motifs is 1. The fourth-order valence-corrected chi connectivity index (χ4v) is 3.07. The lowest BCUT2D eigenvalue weighted by molar-refractivity contribution is 0.0863. The van der Waals surface area contributed by atoms with Crippen LogP contribution in [0.15, 0.2) is 12.3 Å². The van der Waals surface area contributed by atoms with Crippen molar-refractivity contribution in [2.45, 2.75) is 58.7 Å². The number of aromatic nitrogens is 1. The smallest absolute Gasteiger partial charge is 0.0368 e. The Bertz CT molecular complexity index is 327. The van der Waals surface area contributed by atoms with Crippen LogP contribution in [0.1, 0.15) is 51.4 Å². The lowest BCUT2D eigenvalue weighted by atomic mass is 9.91. The van der Waals surface area contributed by atoms with Crippen molar-refractivity contribution in [1.82, 2.24) is 9.88 Å². The molecule has 2 heteroatoms. The quantitative estimate of drug-likeness (QED) is 0.787. The monoisotopic (exact) mass is 206 g/mol. The van der Waals surface area contributed by atoms with Crippen LogP contribution >= 0.6 is 0 Å². The van der Waals surface area contributed by atoms with Crippen LogP contribution in [0.3, 0.4) is 0 Å². The lowest BCUT2D eigenvalue weighted by Crippen LogP contribution is -2.45. The molecule has 0 saturated carbocycles. The Morgan fingerprint density at radius 1 is 1.53 bits per heavy atom. The van der Waals surface area contributed by atoms with Crippen molar-refractivity contribution in [3.63, 3.8) is 0 Å². The molecule has 0 bridgehead atoms. The van der Waals surface area contributed by atoms with E-state index in [2.05, 4.69) is 49.8 Å². The molecule has 2 atom stereocenters. The minimum Gasteiger partial charge on any atom is -0.365 e. The maximum Gasteiger partial charge on any atom is 0.0368 e. The first-order valence-electron chi connectivity index (χ1n) is 6.08. The molecule has 1 N–H and O–H groups in total. The van der Waals surface area contributed by atoms with Crippen LogP contribution in [0.5, 0.6) is 0 Å². The van der Waals surface area contributed by atoms with Gasteiger partial charge in [-0.3, -0.25) is 4.90 Å². The third-order valence-electron chi connectivity index (χ3n) is 3.58. The molecule has 0 aliphatic carbocycles. The fourth-order valence-electron chi connectivity index (χ4n) is 3.07. The molecule has 84 valence electrons. The SMILES string of the molecule is CC[C@H]1c2cc[nH]c2C[C@@H](C)N1C(C)C. The molecule has 1 aromatic heterocycles. The van der Waals surface area contributed by atoms with E-state index in [0.717, 1.165) is 6.42 Å². The highest BCUT2D eigenvalue weighted by Gasteiger charge is 2.32. The van der Waals surface area contributed by atoms with Gasteiger partial charge in [0.05, 0.1) is 0 Å². The standard InChI is InChI=1S/C13H22N2/c1-5-13-11-6-7-14-12(11)8-10(4)15(13)9(2)3/h6-7,9-10,13-14H,5,8H2,1-4H3/t10-,13+/m1/s1. The van der Waals surface area contributed by atoms with E-state index in [9.17, 15) is 0 Å². The Balaban J connectivity index is 2.36. The second kappa shape index (κ2) is 4.01. The van der Waals surface area contributed by atoms with Crippen LogP contribution in [0.25, 0.3) is 0 Å². The first-order valence-corrected chi connectivity index (χ1v) is 6.08. The molecule has 1 aliphatic rings. The second-order valence-corrected chi connectivity index (χ2v) is 4.93. The van der Waals surface area contributed by atoms with Crippen molar-refractivity contribution in [3.05, 3.63) is 23.5 Å². The normalized spacial score (nSPS) is 27.0. The van der Waals surface area contributed by atoms with E-state index in [0.29, 0.717) is 18.1 Å². The Morgan fingerprint density at radius 3 is 2.87 bits per heavy atom. The van der Waals surface area contributed by atoms with Crippen LogP contribution in [0.2, 0.25) is 0 Å². The maximum atomic E-state index is 3.39. The summed E-state index contributed by atoms with van der Waals surface area (Å²) in [6, 6.07) is 4.15. The summed E-state index contributed by atoms with van der Waals surface area (Å²) in [6.07, 6.45) is 4.45. The van der Waals surface area contributed by atoms with E-state index in [1.807, 2.05) is 0 Å². The second-order valence-electron chi connectivity index (χ2n) is 4.93. The molecule has 2 nitrogen and oxygen atoms in total. The van der Waals surface area contributed by atoms with E-state index in [4.69, 9.17) is 0 Å². The highest BCUT2D eigenvalue weighted by atomic mass is 15.2. The summed E-state index contributed by atoms with van der Waals surface area (Å²) >= 11 is 0. The van der Waals surface area contributed by atoms with Gasteiger partial charge < -0.3 is 4.98 Å². The average Bonchev–Trinajstić information content (AvgIpc) is 2.62. The summed E-state index contributed by atoms with van der Waals surface area (Å²) in [5.74, 6) is 0. The van der Waals surface area contributed by atoms with Crippen LogP contribution in [-0.2, 0) is 6.42 Å². The lowest BCUT2D eigenvalue weighted by Gasteiger charge is -2.43. The predicted octanol–water partition coefficient (Wildman–Crippen LogP) is 3.12. The summed E-state index contributed by atoms with van der Waals surface area (Å²) in [4.78, 5) is 6.03. The highest BCUT2D eigenvalue weighted by Crippen LogP contribution is 2.35. The third-order valence-corrected chi connectivity index (χ3v) is 3.58. The van der Waals surface area contributed by atoms with Gasteiger partial charge in [0.15, 0.2) is 0 Å². The number of hydrogen-bond donors (Lipinski definition) is 1. The molecule has 0 fully saturated rings. The minimum absolute atomic E-state index is 0.606. The van der Waals surface area contributed by atoms with Crippen molar-refractivity contribution in [1.29, 1.82) is 0 Å². The first kappa shape index (κ1) is 10.7. The van der Waals surface area contributed by atoms with Crippen molar-refractivity contribution in [3.8, 4) is 0 Å². The molecular weight excluding hydrogens is 184 g/mol. The van der Waals surface area contributed by atoms with E-state index >= 15 is 0 Å². The van der Waals surface area contributed by atoms with Crippen molar-refractivity contribution < 1.29 is 0 Å². The number of aromatic amines is 1. The van der Waals surface area contributed by atoms with E-state index in [1.165, 1.54) is 17.7 Å². The number of rotatable bonds is 2.